The van der Waals surface area contributed by atoms with Crippen LogP contribution in [0.15, 0.2) is 53.6 Å². The number of rotatable bonds is 3. The van der Waals surface area contributed by atoms with Gasteiger partial charge in [-0.25, -0.2) is 12.4 Å². The van der Waals surface area contributed by atoms with Crippen LogP contribution in [0, 0.1) is 0 Å². The molecule has 0 fully saturated rings. The third-order valence-corrected chi connectivity index (χ3v) is 6.94. The predicted octanol–water partition coefficient (Wildman–Crippen LogP) is 3.42. The third-order valence-electron chi connectivity index (χ3n) is 5.28. The summed E-state index contributed by atoms with van der Waals surface area (Å²) in [6.45, 7) is 0.0699. The largest absolute Gasteiger partial charge is 0.454 e. The van der Waals surface area contributed by atoms with Crippen LogP contribution in [-0.2, 0) is 22.9 Å². The quantitative estimate of drug-likeness (QED) is 0.635. The minimum Gasteiger partial charge on any atom is -0.454 e. The second kappa shape index (κ2) is 6.24. The zero-order valence-corrected chi connectivity index (χ0v) is 15.7. The summed E-state index contributed by atoms with van der Waals surface area (Å²) < 4.78 is 38.9. The summed E-state index contributed by atoms with van der Waals surface area (Å²) in [5.74, 6) is 0.916. The highest BCUT2D eigenvalue weighted by Crippen LogP contribution is 2.39. The Bertz CT molecular complexity index is 1210. The van der Waals surface area contributed by atoms with E-state index in [4.69, 9.17) is 9.47 Å². The number of aldehydes is 1. The minimum absolute atomic E-state index is 0.0699. The lowest BCUT2D eigenvalue weighted by Gasteiger charge is -2.14. The lowest BCUT2D eigenvalue weighted by molar-refractivity contribution is 0.112. The molecule has 7 heteroatoms. The van der Waals surface area contributed by atoms with Crippen molar-refractivity contribution in [2.75, 3.05) is 6.79 Å². The molecule has 0 atom stereocenters. The van der Waals surface area contributed by atoms with Crippen molar-refractivity contribution in [3.8, 4) is 22.8 Å². The smallest absolute Gasteiger partial charge is 0.268 e. The standard InChI is InChI=1S/C21H17NO5S/c23-12-15-11-22(21-17-6-2-1-4-14(17)5-3-7-18(15)21)28(24,25)16-8-9-19-20(10-16)27-13-26-19/h1-2,4,6,8-12H,3,5,7,13H2. The number of carbonyl (C=O) groups excluding carboxylic acids is 1. The Balaban J connectivity index is 1.76. The first-order valence-corrected chi connectivity index (χ1v) is 10.5. The van der Waals surface area contributed by atoms with Crippen molar-refractivity contribution in [3.05, 3.63) is 65.4 Å². The van der Waals surface area contributed by atoms with E-state index in [1.165, 1.54) is 22.3 Å². The first-order valence-electron chi connectivity index (χ1n) is 9.02. The van der Waals surface area contributed by atoms with Crippen LogP contribution in [0.3, 0.4) is 0 Å². The Labute approximate surface area is 162 Å². The fourth-order valence-corrected chi connectivity index (χ4v) is 5.37. The third kappa shape index (κ3) is 2.46. The van der Waals surface area contributed by atoms with E-state index in [9.17, 15) is 13.2 Å². The van der Waals surface area contributed by atoms with E-state index in [1.807, 2.05) is 24.3 Å². The Kier molecular flexibility index (Phi) is 3.80. The number of hydrogen-bond acceptors (Lipinski definition) is 5. The van der Waals surface area contributed by atoms with E-state index in [0.717, 1.165) is 35.8 Å². The Morgan fingerprint density at radius 1 is 1.00 bits per heavy atom. The molecule has 0 spiro atoms. The molecule has 0 bridgehead atoms. The maximum absolute atomic E-state index is 13.5. The van der Waals surface area contributed by atoms with Crippen LogP contribution in [0.1, 0.15) is 27.9 Å². The molecule has 1 aliphatic carbocycles. The second-order valence-corrected chi connectivity index (χ2v) is 8.67. The van der Waals surface area contributed by atoms with E-state index in [2.05, 4.69) is 0 Å². The van der Waals surface area contributed by atoms with Gasteiger partial charge in [0.2, 0.25) is 6.79 Å². The summed E-state index contributed by atoms with van der Waals surface area (Å²) in [7, 11) is -3.93. The van der Waals surface area contributed by atoms with Crippen LogP contribution in [0.5, 0.6) is 11.5 Å². The van der Waals surface area contributed by atoms with E-state index >= 15 is 0 Å². The number of hydrogen-bond donors (Lipinski definition) is 0. The Hall–Kier alpha value is -3.06. The predicted molar refractivity (Wildman–Crippen MR) is 102 cm³/mol. The number of carbonyl (C=O) groups is 1. The SMILES string of the molecule is O=Cc1cn(S(=O)(=O)c2ccc3c(c2)OCO3)c2c1CCCc1ccccc1-2. The molecule has 2 aliphatic rings. The van der Waals surface area contributed by atoms with Crippen molar-refractivity contribution in [2.24, 2.45) is 0 Å². The number of benzene rings is 2. The average molecular weight is 395 g/mol. The van der Waals surface area contributed by atoms with Crippen molar-refractivity contribution < 1.29 is 22.7 Å². The van der Waals surface area contributed by atoms with Gasteiger partial charge in [0, 0.05) is 23.4 Å². The van der Waals surface area contributed by atoms with E-state index in [-0.39, 0.29) is 11.7 Å². The summed E-state index contributed by atoms with van der Waals surface area (Å²) >= 11 is 0. The normalized spacial score (nSPS) is 14.9. The number of aryl methyl sites for hydroxylation is 1. The van der Waals surface area contributed by atoms with Crippen molar-refractivity contribution in [3.63, 3.8) is 0 Å². The molecule has 3 aromatic rings. The second-order valence-electron chi connectivity index (χ2n) is 6.86. The molecule has 0 N–H and O–H groups in total. The summed E-state index contributed by atoms with van der Waals surface area (Å²) in [5, 5.41) is 0. The molecule has 142 valence electrons. The van der Waals surface area contributed by atoms with Crippen LogP contribution in [0.25, 0.3) is 11.3 Å². The fraction of sp³-hybridized carbons (Fsp3) is 0.190. The minimum atomic E-state index is -3.93. The van der Waals surface area contributed by atoms with Crippen LogP contribution in [0.2, 0.25) is 0 Å². The zero-order chi connectivity index (χ0) is 19.3. The van der Waals surface area contributed by atoms with Gasteiger partial charge in [0.15, 0.2) is 17.8 Å². The van der Waals surface area contributed by atoms with Gasteiger partial charge in [0.05, 0.1) is 10.6 Å². The molecule has 1 aromatic heterocycles. The van der Waals surface area contributed by atoms with Crippen LogP contribution >= 0.6 is 0 Å². The molecule has 5 rings (SSSR count). The van der Waals surface area contributed by atoms with Crippen LogP contribution < -0.4 is 9.47 Å². The molecule has 2 heterocycles. The van der Waals surface area contributed by atoms with E-state index in [0.29, 0.717) is 29.2 Å². The first-order chi connectivity index (χ1) is 13.6. The van der Waals surface area contributed by atoms with Gasteiger partial charge in [-0.15, -0.1) is 0 Å². The summed E-state index contributed by atoms with van der Waals surface area (Å²) in [6, 6.07) is 12.3. The van der Waals surface area contributed by atoms with Gasteiger partial charge in [-0.3, -0.25) is 4.79 Å². The first kappa shape index (κ1) is 17.1. The highest BCUT2D eigenvalue weighted by molar-refractivity contribution is 7.90. The topological polar surface area (TPSA) is 74.6 Å². The van der Waals surface area contributed by atoms with Gasteiger partial charge in [-0.2, -0.15) is 0 Å². The van der Waals surface area contributed by atoms with Crippen molar-refractivity contribution in [1.82, 2.24) is 3.97 Å². The number of ether oxygens (including phenoxy) is 2. The highest BCUT2D eigenvalue weighted by atomic mass is 32.2. The van der Waals surface area contributed by atoms with Crippen LogP contribution in [-0.4, -0.2) is 25.5 Å². The molecule has 0 saturated heterocycles. The lowest BCUT2D eigenvalue weighted by atomic mass is 10.0. The van der Waals surface area contributed by atoms with Crippen molar-refractivity contribution in [1.29, 1.82) is 0 Å². The maximum atomic E-state index is 13.5. The average Bonchev–Trinajstić information content (AvgIpc) is 3.28. The maximum Gasteiger partial charge on any atom is 0.268 e. The number of nitrogens with zero attached hydrogens (tertiary/aromatic N) is 1. The molecule has 1 aliphatic heterocycles. The molecular formula is C21H17NO5S. The van der Waals surface area contributed by atoms with Gasteiger partial charge >= 0.3 is 0 Å². The van der Waals surface area contributed by atoms with Gasteiger partial charge < -0.3 is 9.47 Å². The molecule has 28 heavy (non-hydrogen) atoms. The summed E-state index contributed by atoms with van der Waals surface area (Å²) in [4.78, 5) is 11.8. The molecule has 2 aromatic carbocycles. The molecule has 0 unspecified atom stereocenters. The Morgan fingerprint density at radius 2 is 1.82 bits per heavy atom. The van der Waals surface area contributed by atoms with Gasteiger partial charge in [-0.1, -0.05) is 24.3 Å². The molecule has 0 radical (unpaired) electrons. The molecular weight excluding hydrogens is 378 g/mol. The molecule has 0 saturated carbocycles. The highest BCUT2D eigenvalue weighted by Gasteiger charge is 2.29. The van der Waals surface area contributed by atoms with Crippen molar-refractivity contribution in [2.45, 2.75) is 24.2 Å². The van der Waals surface area contributed by atoms with Gasteiger partial charge in [0.1, 0.15) is 0 Å². The zero-order valence-electron chi connectivity index (χ0n) is 14.9. The Morgan fingerprint density at radius 3 is 2.68 bits per heavy atom. The lowest BCUT2D eigenvalue weighted by Crippen LogP contribution is -2.14. The van der Waals surface area contributed by atoms with Gasteiger partial charge in [0.25, 0.3) is 10.0 Å². The number of aromatic nitrogens is 1. The van der Waals surface area contributed by atoms with Crippen molar-refractivity contribution >= 4 is 16.3 Å². The molecule has 0 amide bonds. The summed E-state index contributed by atoms with van der Waals surface area (Å²) in [5.41, 5.74) is 3.71. The molecule has 6 nitrogen and oxygen atoms in total. The number of fused-ring (bicyclic) bond motifs is 4. The fourth-order valence-electron chi connectivity index (χ4n) is 3.95. The van der Waals surface area contributed by atoms with E-state index < -0.39 is 10.0 Å². The van der Waals surface area contributed by atoms with E-state index in [1.54, 1.807) is 6.07 Å². The van der Waals surface area contributed by atoms with Gasteiger partial charge in [-0.05, 0) is 42.5 Å². The monoisotopic (exact) mass is 395 g/mol. The summed E-state index contributed by atoms with van der Waals surface area (Å²) in [6.07, 6.45) is 4.52. The van der Waals surface area contributed by atoms with Crippen LogP contribution in [0.4, 0.5) is 0 Å².